The molecule has 0 aliphatic rings. The van der Waals surface area contributed by atoms with E-state index < -0.39 is 28.5 Å². The van der Waals surface area contributed by atoms with Crippen molar-refractivity contribution in [3.8, 4) is 0 Å². The third kappa shape index (κ3) is 6.37. The van der Waals surface area contributed by atoms with Gasteiger partial charge in [0.05, 0.1) is 11.3 Å². The average Bonchev–Trinajstić information content (AvgIpc) is 2.78. The fourth-order valence-corrected chi connectivity index (χ4v) is 4.01. The van der Waals surface area contributed by atoms with Crippen LogP contribution in [0.4, 0.5) is 5.69 Å². The Bertz CT molecular complexity index is 1170. The van der Waals surface area contributed by atoms with Crippen LogP contribution in [-0.4, -0.2) is 33.4 Å². The van der Waals surface area contributed by atoms with Crippen LogP contribution in [0.5, 0.6) is 0 Å². The molecule has 0 heterocycles. The van der Waals surface area contributed by atoms with E-state index in [0.717, 1.165) is 22.8 Å². The van der Waals surface area contributed by atoms with Crippen LogP contribution in [0.25, 0.3) is 10.8 Å². The van der Waals surface area contributed by atoms with Crippen LogP contribution >= 0.6 is 0 Å². The number of rotatable bonds is 9. The van der Waals surface area contributed by atoms with Crippen LogP contribution in [0.15, 0.2) is 71.6 Å². The molecule has 3 rings (SSSR count). The second kappa shape index (κ2) is 10.2. The zero-order chi connectivity index (χ0) is 22.3. The van der Waals surface area contributed by atoms with Crippen molar-refractivity contribution in [2.75, 3.05) is 18.5 Å². The quantitative estimate of drug-likeness (QED) is 0.498. The molecule has 162 valence electrons. The molecule has 0 aromatic heterocycles. The monoisotopic (exact) mass is 440 g/mol. The van der Waals surface area contributed by atoms with Crippen LogP contribution in [-0.2, 0) is 30.8 Å². The van der Waals surface area contributed by atoms with Gasteiger partial charge >= 0.3 is 5.97 Å². The normalized spacial score (nSPS) is 11.3. The Kier molecular flexibility index (Phi) is 7.38. The van der Waals surface area contributed by atoms with Crippen molar-refractivity contribution < 1.29 is 22.7 Å². The minimum Gasteiger partial charge on any atom is -0.456 e. The first-order chi connectivity index (χ1) is 14.9. The number of hydrogen-bond donors (Lipinski definition) is 2. The second-order valence-electron chi connectivity index (χ2n) is 6.92. The van der Waals surface area contributed by atoms with Crippen molar-refractivity contribution in [2.45, 2.75) is 24.7 Å². The minimum atomic E-state index is -3.76. The molecule has 0 aliphatic carbocycles. The van der Waals surface area contributed by atoms with Gasteiger partial charge in [-0.05, 0) is 47.0 Å². The molecule has 0 fully saturated rings. The Balaban J connectivity index is 1.43. The van der Waals surface area contributed by atoms with Gasteiger partial charge in [0.15, 0.2) is 6.61 Å². The van der Waals surface area contributed by atoms with Gasteiger partial charge in [-0.25, -0.2) is 13.1 Å². The van der Waals surface area contributed by atoms with Gasteiger partial charge in [0.2, 0.25) is 10.0 Å². The molecule has 31 heavy (non-hydrogen) atoms. The highest BCUT2D eigenvalue weighted by molar-refractivity contribution is 7.89. The summed E-state index contributed by atoms with van der Waals surface area (Å²) >= 11 is 0. The molecule has 0 spiro atoms. The average molecular weight is 441 g/mol. The van der Waals surface area contributed by atoms with Crippen LogP contribution in [0, 0.1) is 0 Å². The lowest BCUT2D eigenvalue weighted by atomic mass is 10.1. The summed E-state index contributed by atoms with van der Waals surface area (Å²) in [6.45, 7) is 1.47. The SMILES string of the molecule is CCc1ccc(NC(=O)COC(=O)CCNS(=O)(=O)c2ccc3ccccc3c2)cc1. The maximum absolute atomic E-state index is 12.4. The molecule has 3 aromatic carbocycles. The molecule has 8 heteroatoms. The van der Waals surface area contributed by atoms with E-state index in [4.69, 9.17) is 4.74 Å². The number of carbonyl (C=O) groups is 2. The fourth-order valence-electron chi connectivity index (χ4n) is 2.94. The third-order valence-electron chi connectivity index (χ3n) is 4.66. The summed E-state index contributed by atoms with van der Waals surface area (Å²) in [6.07, 6.45) is 0.710. The number of fused-ring (bicyclic) bond motifs is 1. The number of hydrogen-bond acceptors (Lipinski definition) is 5. The first-order valence-corrected chi connectivity index (χ1v) is 11.4. The first-order valence-electron chi connectivity index (χ1n) is 9.90. The van der Waals surface area contributed by atoms with E-state index >= 15 is 0 Å². The summed E-state index contributed by atoms with van der Waals surface area (Å²) in [4.78, 5) is 23.9. The molecule has 1 amide bonds. The van der Waals surface area contributed by atoms with Gasteiger partial charge in [0.25, 0.3) is 5.91 Å². The summed E-state index contributed by atoms with van der Waals surface area (Å²) in [5, 5.41) is 4.38. The summed E-state index contributed by atoms with van der Waals surface area (Å²) < 4.78 is 32.2. The number of amides is 1. The Hall–Kier alpha value is -3.23. The van der Waals surface area contributed by atoms with Gasteiger partial charge < -0.3 is 10.1 Å². The number of ether oxygens (including phenoxy) is 1. The van der Waals surface area contributed by atoms with Gasteiger partial charge in [-0.15, -0.1) is 0 Å². The van der Waals surface area contributed by atoms with E-state index in [-0.39, 0.29) is 17.9 Å². The summed E-state index contributed by atoms with van der Waals surface area (Å²) in [6, 6.07) is 19.6. The topological polar surface area (TPSA) is 102 Å². The molecular weight excluding hydrogens is 416 g/mol. The maximum Gasteiger partial charge on any atom is 0.307 e. The second-order valence-corrected chi connectivity index (χ2v) is 8.68. The molecule has 0 aliphatic heterocycles. The Morgan fingerprint density at radius 2 is 1.65 bits per heavy atom. The molecule has 7 nitrogen and oxygen atoms in total. The number of benzene rings is 3. The van der Waals surface area contributed by atoms with E-state index in [2.05, 4.69) is 10.0 Å². The van der Waals surface area contributed by atoms with Crippen molar-refractivity contribution in [1.29, 1.82) is 0 Å². The van der Waals surface area contributed by atoms with E-state index in [9.17, 15) is 18.0 Å². The molecular formula is C23H24N2O5S. The Morgan fingerprint density at radius 3 is 2.35 bits per heavy atom. The number of nitrogens with one attached hydrogen (secondary N) is 2. The standard InChI is InChI=1S/C23H24N2O5S/c1-2-17-7-10-20(11-8-17)25-22(26)16-30-23(27)13-14-24-31(28,29)21-12-9-18-5-3-4-6-19(18)15-21/h3-12,15,24H,2,13-14,16H2,1H3,(H,25,26). The van der Waals surface area contributed by atoms with Crippen molar-refractivity contribution in [2.24, 2.45) is 0 Å². The van der Waals surface area contributed by atoms with Crippen LogP contribution in [0.3, 0.4) is 0 Å². The summed E-state index contributed by atoms with van der Waals surface area (Å²) in [5.41, 5.74) is 1.76. The fraction of sp³-hybridized carbons (Fsp3) is 0.217. The lowest BCUT2D eigenvalue weighted by molar-refractivity contribution is -0.147. The number of carbonyl (C=O) groups excluding carboxylic acids is 2. The van der Waals surface area contributed by atoms with Gasteiger partial charge in [0.1, 0.15) is 0 Å². The van der Waals surface area contributed by atoms with Crippen LogP contribution < -0.4 is 10.0 Å². The maximum atomic E-state index is 12.4. The Labute approximate surface area is 181 Å². The van der Waals surface area contributed by atoms with Crippen molar-refractivity contribution in [3.05, 3.63) is 72.3 Å². The largest absolute Gasteiger partial charge is 0.456 e. The smallest absolute Gasteiger partial charge is 0.307 e. The van der Waals surface area contributed by atoms with E-state index in [1.54, 1.807) is 24.3 Å². The number of anilines is 1. The zero-order valence-electron chi connectivity index (χ0n) is 17.1. The van der Waals surface area contributed by atoms with E-state index in [0.29, 0.717) is 5.69 Å². The summed E-state index contributed by atoms with van der Waals surface area (Å²) in [7, 11) is -3.76. The lowest BCUT2D eigenvalue weighted by Gasteiger charge is -2.09. The minimum absolute atomic E-state index is 0.119. The molecule has 0 saturated carbocycles. The van der Waals surface area contributed by atoms with Crippen LogP contribution in [0.2, 0.25) is 0 Å². The highest BCUT2D eigenvalue weighted by Crippen LogP contribution is 2.18. The highest BCUT2D eigenvalue weighted by atomic mass is 32.2. The predicted octanol–water partition coefficient (Wildman–Crippen LogP) is 3.25. The van der Waals surface area contributed by atoms with Gasteiger partial charge in [0, 0.05) is 12.2 Å². The number of sulfonamides is 1. The molecule has 0 radical (unpaired) electrons. The van der Waals surface area contributed by atoms with Crippen molar-refractivity contribution >= 4 is 38.4 Å². The molecule has 0 bridgehead atoms. The van der Waals surface area contributed by atoms with E-state index in [1.165, 1.54) is 6.07 Å². The highest BCUT2D eigenvalue weighted by Gasteiger charge is 2.15. The molecule has 0 unspecified atom stereocenters. The molecule has 0 atom stereocenters. The van der Waals surface area contributed by atoms with Crippen molar-refractivity contribution in [1.82, 2.24) is 4.72 Å². The number of aryl methyl sites for hydroxylation is 1. The van der Waals surface area contributed by atoms with Gasteiger partial charge in [-0.2, -0.15) is 0 Å². The third-order valence-corrected chi connectivity index (χ3v) is 6.12. The van der Waals surface area contributed by atoms with Crippen LogP contribution in [0.1, 0.15) is 18.9 Å². The first kappa shape index (κ1) is 22.5. The summed E-state index contributed by atoms with van der Waals surface area (Å²) in [5.74, 6) is -1.13. The van der Waals surface area contributed by atoms with Crippen molar-refractivity contribution in [3.63, 3.8) is 0 Å². The number of esters is 1. The molecule has 0 saturated heterocycles. The predicted molar refractivity (Wildman–Crippen MR) is 119 cm³/mol. The van der Waals surface area contributed by atoms with Gasteiger partial charge in [-0.1, -0.05) is 49.4 Å². The molecule has 2 N–H and O–H groups in total. The molecule has 3 aromatic rings. The van der Waals surface area contributed by atoms with E-state index in [1.807, 2.05) is 43.3 Å². The zero-order valence-corrected chi connectivity index (χ0v) is 17.9. The lowest BCUT2D eigenvalue weighted by Crippen LogP contribution is -2.28. The Morgan fingerprint density at radius 1 is 0.935 bits per heavy atom. The van der Waals surface area contributed by atoms with Gasteiger partial charge in [-0.3, -0.25) is 9.59 Å².